The van der Waals surface area contributed by atoms with Crippen LogP contribution in [0.3, 0.4) is 0 Å². The van der Waals surface area contributed by atoms with Crippen LogP contribution in [0.15, 0.2) is 6.20 Å². The van der Waals surface area contributed by atoms with Crippen LogP contribution < -0.4 is 5.32 Å². The van der Waals surface area contributed by atoms with Crippen molar-refractivity contribution in [3.05, 3.63) is 17.5 Å². The van der Waals surface area contributed by atoms with Crippen LogP contribution >= 0.6 is 0 Å². The summed E-state index contributed by atoms with van der Waals surface area (Å²) in [6, 6.07) is 0. The van der Waals surface area contributed by atoms with Crippen molar-refractivity contribution in [1.82, 2.24) is 15.1 Å². The number of carbonyl (C=O) groups is 1. The molecular weight excluding hydrogens is 254 g/mol. The summed E-state index contributed by atoms with van der Waals surface area (Å²) >= 11 is 0. The number of aliphatic hydroxyl groups excluding tert-OH is 1. The third-order valence-corrected chi connectivity index (χ3v) is 3.34. The van der Waals surface area contributed by atoms with Gasteiger partial charge in [-0.1, -0.05) is 34.6 Å². The van der Waals surface area contributed by atoms with Gasteiger partial charge in [0.1, 0.15) is 0 Å². The highest BCUT2D eigenvalue weighted by Gasteiger charge is 2.23. The van der Waals surface area contributed by atoms with Gasteiger partial charge in [-0.15, -0.1) is 0 Å². The third kappa shape index (κ3) is 4.34. The van der Waals surface area contributed by atoms with Gasteiger partial charge >= 0.3 is 0 Å². The quantitative estimate of drug-likeness (QED) is 0.867. The Morgan fingerprint density at radius 2 is 2.05 bits per heavy atom. The first-order valence-corrected chi connectivity index (χ1v) is 7.11. The molecule has 1 aromatic rings. The fourth-order valence-corrected chi connectivity index (χ4v) is 1.79. The molecule has 1 heterocycles. The molecule has 0 saturated carbocycles. The van der Waals surface area contributed by atoms with Crippen LogP contribution in [0.25, 0.3) is 0 Å². The first-order valence-electron chi connectivity index (χ1n) is 7.11. The molecule has 1 unspecified atom stereocenters. The van der Waals surface area contributed by atoms with Crippen molar-refractivity contribution in [2.24, 2.45) is 11.3 Å². The fraction of sp³-hybridized carbons (Fsp3) is 0.733. The molecule has 0 aliphatic carbocycles. The minimum Gasteiger partial charge on any atom is -0.391 e. The van der Waals surface area contributed by atoms with Gasteiger partial charge in [0.15, 0.2) is 0 Å². The highest BCUT2D eigenvalue weighted by molar-refractivity contribution is 5.95. The van der Waals surface area contributed by atoms with E-state index in [1.807, 2.05) is 32.4 Å². The molecule has 0 radical (unpaired) electrons. The summed E-state index contributed by atoms with van der Waals surface area (Å²) in [5.74, 6) is 0.299. The Labute approximate surface area is 121 Å². The number of carbonyl (C=O) groups excluding carboxylic acids is 1. The molecule has 0 fully saturated rings. The molecule has 1 atom stereocenters. The van der Waals surface area contributed by atoms with Gasteiger partial charge in [-0.25, -0.2) is 0 Å². The van der Waals surface area contributed by atoms with E-state index in [0.717, 1.165) is 12.2 Å². The lowest BCUT2D eigenvalue weighted by atomic mass is 9.89. The van der Waals surface area contributed by atoms with Crippen LogP contribution in [-0.4, -0.2) is 33.4 Å². The largest absolute Gasteiger partial charge is 0.391 e. The molecule has 1 aromatic heterocycles. The minimum atomic E-state index is -0.572. The Kier molecular flexibility index (Phi) is 5.34. The van der Waals surface area contributed by atoms with Crippen LogP contribution in [0.4, 0.5) is 0 Å². The SMILES string of the molecule is Cc1c(C(=O)NCC(O)C(C)(C)C)cnn1CC(C)C. The third-order valence-electron chi connectivity index (χ3n) is 3.34. The van der Waals surface area contributed by atoms with Crippen LogP contribution in [0.1, 0.15) is 50.7 Å². The molecule has 2 N–H and O–H groups in total. The van der Waals surface area contributed by atoms with Gasteiger partial charge < -0.3 is 10.4 Å². The van der Waals surface area contributed by atoms with Gasteiger partial charge in [-0.3, -0.25) is 9.48 Å². The van der Waals surface area contributed by atoms with E-state index < -0.39 is 6.10 Å². The summed E-state index contributed by atoms with van der Waals surface area (Å²) in [4.78, 5) is 12.1. The Hall–Kier alpha value is -1.36. The molecule has 0 saturated heterocycles. The molecule has 0 aliphatic rings. The molecule has 1 rings (SSSR count). The Morgan fingerprint density at radius 1 is 1.45 bits per heavy atom. The molecule has 0 aliphatic heterocycles. The number of aromatic nitrogens is 2. The smallest absolute Gasteiger partial charge is 0.254 e. The summed E-state index contributed by atoms with van der Waals surface area (Å²) in [6.07, 6.45) is 1.02. The number of amides is 1. The maximum absolute atomic E-state index is 12.1. The van der Waals surface area contributed by atoms with Crippen molar-refractivity contribution in [1.29, 1.82) is 0 Å². The summed E-state index contributed by atoms with van der Waals surface area (Å²) in [6.45, 7) is 13.0. The molecule has 0 bridgehead atoms. The summed E-state index contributed by atoms with van der Waals surface area (Å²) in [7, 11) is 0. The minimum absolute atomic E-state index is 0.180. The zero-order valence-electron chi connectivity index (χ0n) is 13.4. The average molecular weight is 281 g/mol. The number of nitrogens with zero attached hydrogens (tertiary/aromatic N) is 2. The summed E-state index contributed by atoms with van der Waals surface area (Å²) in [5.41, 5.74) is 1.19. The molecule has 0 spiro atoms. The van der Waals surface area contributed by atoms with Crippen molar-refractivity contribution in [2.75, 3.05) is 6.54 Å². The second kappa shape index (κ2) is 6.39. The lowest BCUT2D eigenvalue weighted by molar-refractivity contribution is 0.0586. The maximum atomic E-state index is 12.1. The van der Waals surface area contributed by atoms with E-state index in [1.165, 1.54) is 0 Å². The molecule has 5 heteroatoms. The maximum Gasteiger partial charge on any atom is 0.254 e. The van der Waals surface area contributed by atoms with Gasteiger partial charge in [0.2, 0.25) is 0 Å². The predicted molar refractivity (Wildman–Crippen MR) is 79.6 cm³/mol. The lowest BCUT2D eigenvalue weighted by Gasteiger charge is -2.25. The van der Waals surface area contributed by atoms with Gasteiger partial charge in [0, 0.05) is 18.8 Å². The molecule has 20 heavy (non-hydrogen) atoms. The molecular formula is C15H27N3O2. The second-order valence-electron chi connectivity index (χ2n) is 6.81. The topological polar surface area (TPSA) is 67.2 Å². The van der Waals surface area contributed by atoms with Crippen LogP contribution in [-0.2, 0) is 6.54 Å². The standard InChI is InChI=1S/C15H27N3O2/c1-10(2)9-18-11(3)12(7-17-18)14(20)16-8-13(19)15(4,5)6/h7,10,13,19H,8-9H2,1-6H3,(H,16,20). The van der Waals surface area contributed by atoms with Crippen LogP contribution in [0.5, 0.6) is 0 Å². The van der Waals surface area contributed by atoms with E-state index in [4.69, 9.17) is 0 Å². The van der Waals surface area contributed by atoms with E-state index in [1.54, 1.807) is 6.20 Å². The lowest BCUT2D eigenvalue weighted by Crippen LogP contribution is -2.39. The number of hydrogen-bond acceptors (Lipinski definition) is 3. The van der Waals surface area contributed by atoms with Gasteiger partial charge in [0.25, 0.3) is 5.91 Å². The fourth-order valence-electron chi connectivity index (χ4n) is 1.79. The van der Waals surface area contributed by atoms with Crippen molar-refractivity contribution in [3.63, 3.8) is 0 Å². The van der Waals surface area contributed by atoms with E-state index in [-0.39, 0.29) is 17.9 Å². The molecule has 1 amide bonds. The number of nitrogens with one attached hydrogen (secondary N) is 1. The molecule has 5 nitrogen and oxygen atoms in total. The molecule has 0 aromatic carbocycles. The first-order chi connectivity index (χ1) is 9.12. The van der Waals surface area contributed by atoms with Gasteiger partial charge in [-0.2, -0.15) is 5.10 Å². The first kappa shape index (κ1) is 16.7. The van der Waals surface area contributed by atoms with Crippen molar-refractivity contribution in [2.45, 2.75) is 54.2 Å². The highest BCUT2D eigenvalue weighted by Crippen LogP contribution is 2.18. The van der Waals surface area contributed by atoms with Crippen molar-refractivity contribution < 1.29 is 9.90 Å². The Bertz CT molecular complexity index is 458. The van der Waals surface area contributed by atoms with E-state index in [9.17, 15) is 9.90 Å². The number of aliphatic hydroxyl groups is 1. The zero-order chi connectivity index (χ0) is 15.5. The van der Waals surface area contributed by atoms with E-state index in [2.05, 4.69) is 24.3 Å². The van der Waals surface area contributed by atoms with Gasteiger partial charge in [-0.05, 0) is 18.3 Å². The summed E-state index contributed by atoms with van der Waals surface area (Å²) in [5, 5.41) is 17.0. The predicted octanol–water partition coefficient (Wildman–Crippen LogP) is 1.98. The highest BCUT2D eigenvalue weighted by atomic mass is 16.3. The summed E-state index contributed by atoms with van der Waals surface area (Å²) < 4.78 is 1.85. The second-order valence-corrected chi connectivity index (χ2v) is 6.81. The Balaban J connectivity index is 2.67. The van der Waals surface area contributed by atoms with Crippen molar-refractivity contribution >= 4 is 5.91 Å². The van der Waals surface area contributed by atoms with Crippen molar-refractivity contribution in [3.8, 4) is 0 Å². The monoisotopic (exact) mass is 281 g/mol. The zero-order valence-corrected chi connectivity index (χ0v) is 13.4. The normalized spacial score (nSPS) is 13.6. The average Bonchev–Trinajstić information content (AvgIpc) is 2.65. The van der Waals surface area contributed by atoms with E-state index >= 15 is 0 Å². The molecule has 114 valence electrons. The van der Waals surface area contributed by atoms with Crippen LogP contribution in [0.2, 0.25) is 0 Å². The number of hydrogen-bond donors (Lipinski definition) is 2. The van der Waals surface area contributed by atoms with Crippen LogP contribution in [0, 0.1) is 18.3 Å². The number of rotatable bonds is 5. The van der Waals surface area contributed by atoms with Gasteiger partial charge in [0.05, 0.1) is 17.9 Å². The van der Waals surface area contributed by atoms with E-state index in [0.29, 0.717) is 11.5 Å². The Morgan fingerprint density at radius 3 is 2.55 bits per heavy atom.